The highest BCUT2D eigenvalue weighted by atomic mass is 35.5. The Balaban J connectivity index is 2.33. The molecular formula is C11H15ClN. The first kappa shape index (κ1) is 10.6. The van der Waals surface area contributed by atoms with Crippen molar-refractivity contribution in [2.75, 3.05) is 6.54 Å². The summed E-state index contributed by atoms with van der Waals surface area (Å²) < 4.78 is 0. The average molecular weight is 197 g/mol. The van der Waals surface area contributed by atoms with Crippen LogP contribution in [0.1, 0.15) is 19.4 Å². The molecule has 0 spiro atoms. The molecule has 0 aromatic heterocycles. The number of halogens is 1. The number of hydrogen-bond acceptors (Lipinski definition) is 1. The fraction of sp³-hybridized carbons (Fsp3) is 0.364. The van der Waals surface area contributed by atoms with E-state index in [1.165, 1.54) is 11.5 Å². The molecule has 0 aliphatic carbocycles. The van der Waals surface area contributed by atoms with E-state index in [0.29, 0.717) is 0 Å². The number of rotatable bonds is 4. The highest BCUT2D eigenvalue weighted by Gasteiger charge is 1.95. The van der Waals surface area contributed by atoms with Gasteiger partial charge in [0.2, 0.25) is 0 Å². The minimum absolute atomic E-state index is 0.794. The maximum atomic E-state index is 5.77. The highest BCUT2D eigenvalue weighted by Crippen LogP contribution is 2.09. The third-order valence-electron chi connectivity index (χ3n) is 1.72. The Morgan fingerprint density at radius 3 is 2.38 bits per heavy atom. The minimum Gasteiger partial charge on any atom is -0.312 e. The summed E-state index contributed by atoms with van der Waals surface area (Å²) in [6.07, 6.45) is 0. The third kappa shape index (κ3) is 4.30. The second-order valence-electron chi connectivity index (χ2n) is 3.44. The van der Waals surface area contributed by atoms with E-state index in [2.05, 4.69) is 19.2 Å². The molecule has 0 fully saturated rings. The monoisotopic (exact) mass is 196 g/mol. The molecule has 1 aromatic rings. The molecule has 1 rings (SSSR count). The molecule has 0 amide bonds. The summed E-state index contributed by atoms with van der Waals surface area (Å²) >= 11 is 5.77. The topological polar surface area (TPSA) is 12.0 Å². The molecule has 1 N–H and O–H groups in total. The Morgan fingerprint density at radius 2 is 1.85 bits per heavy atom. The number of nitrogens with one attached hydrogen (secondary N) is 1. The Kier molecular flexibility index (Phi) is 4.26. The molecule has 0 bridgehead atoms. The lowest BCUT2D eigenvalue weighted by molar-refractivity contribution is 0.697. The summed E-state index contributed by atoms with van der Waals surface area (Å²) in [7, 11) is 0. The van der Waals surface area contributed by atoms with Crippen LogP contribution in [0, 0.1) is 5.92 Å². The second kappa shape index (κ2) is 5.25. The predicted molar refractivity (Wildman–Crippen MR) is 57.7 cm³/mol. The van der Waals surface area contributed by atoms with Crippen molar-refractivity contribution in [1.82, 2.24) is 5.32 Å². The van der Waals surface area contributed by atoms with E-state index < -0.39 is 0 Å². The molecule has 1 aromatic carbocycles. The lowest BCUT2D eigenvalue weighted by atomic mass is 10.2. The van der Waals surface area contributed by atoms with E-state index in [1.54, 1.807) is 0 Å². The average Bonchev–Trinajstić information content (AvgIpc) is 2.08. The molecule has 0 unspecified atom stereocenters. The smallest absolute Gasteiger partial charge is 0.0406 e. The first-order valence-electron chi connectivity index (χ1n) is 4.42. The van der Waals surface area contributed by atoms with Crippen LogP contribution in [0.4, 0.5) is 0 Å². The summed E-state index contributed by atoms with van der Waals surface area (Å²) in [5.74, 6) is 1.40. The first-order chi connectivity index (χ1) is 6.18. The molecule has 1 nitrogen and oxygen atoms in total. The van der Waals surface area contributed by atoms with Crippen LogP contribution in [0.3, 0.4) is 0 Å². The van der Waals surface area contributed by atoms with Crippen LogP contribution in [0.5, 0.6) is 0 Å². The number of benzene rings is 1. The third-order valence-corrected chi connectivity index (χ3v) is 1.97. The molecule has 0 saturated heterocycles. The van der Waals surface area contributed by atoms with Gasteiger partial charge in [-0.15, -0.1) is 0 Å². The molecule has 0 heterocycles. The normalized spacial score (nSPS) is 10.8. The summed E-state index contributed by atoms with van der Waals surface area (Å²) in [6, 6.07) is 7.92. The second-order valence-corrected chi connectivity index (χ2v) is 3.87. The van der Waals surface area contributed by atoms with Crippen LogP contribution in [0.2, 0.25) is 5.02 Å². The van der Waals surface area contributed by atoms with Gasteiger partial charge in [0, 0.05) is 18.1 Å². The maximum absolute atomic E-state index is 5.77. The Bertz CT molecular complexity index is 241. The van der Waals surface area contributed by atoms with Crippen molar-refractivity contribution in [3.8, 4) is 0 Å². The van der Waals surface area contributed by atoms with Gasteiger partial charge in [0.15, 0.2) is 0 Å². The van der Waals surface area contributed by atoms with Crippen molar-refractivity contribution >= 4 is 11.6 Å². The molecule has 1 radical (unpaired) electrons. The van der Waals surface area contributed by atoms with Gasteiger partial charge in [0.1, 0.15) is 0 Å². The Hall–Kier alpha value is -0.530. The SMILES string of the molecule is C[C](C)CNCc1ccc(Cl)cc1. The van der Waals surface area contributed by atoms with Crippen molar-refractivity contribution in [2.45, 2.75) is 20.4 Å². The van der Waals surface area contributed by atoms with Crippen LogP contribution < -0.4 is 5.32 Å². The van der Waals surface area contributed by atoms with E-state index in [0.717, 1.165) is 18.1 Å². The summed E-state index contributed by atoms with van der Waals surface area (Å²) in [4.78, 5) is 0. The van der Waals surface area contributed by atoms with Gasteiger partial charge in [0.05, 0.1) is 0 Å². The van der Waals surface area contributed by atoms with E-state index in [1.807, 2.05) is 24.3 Å². The lowest BCUT2D eigenvalue weighted by Crippen LogP contribution is -2.17. The van der Waals surface area contributed by atoms with Crippen molar-refractivity contribution < 1.29 is 0 Å². The van der Waals surface area contributed by atoms with Gasteiger partial charge < -0.3 is 5.32 Å². The molecule has 0 aliphatic rings. The molecule has 0 atom stereocenters. The molecule has 71 valence electrons. The number of hydrogen-bond donors (Lipinski definition) is 1. The van der Waals surface area contributed by atoms with Gasteiger partial charge >= 0.3 is 0 Å². The summed E-state index contributed by atoms with van der Waals surface area (Å²) in [6.45, 7) is 6.12. The fourth-order valence-electron chi connectivity index (χ4n) is 1.06. The molecule has 0 saturated carbocycles. The van der Waals surface area contributed by atoms with Gasteiger partial charge in [0.25, 0.3) is 0 Å². The Labute approximate surface area is 85.1 Å². The zero-order valence-corrected chi connectivity index (χ0v) is 8.86. The molecule has 13 heavy (non-hydrogen) atoms. The van der Waals surface area contributed by atoms with Crippen LogP contribution >= 0.6 is 11.6 Å². The molecular weight excluding hydrogens is 182 g/mol. The zero-order valence-electron chi connectivity index (χ0n) is 8.10. The van der Waals surface area contributed by atoms with E-state index in [-0.39, 0.29) is 0 Å². The van der Waals surface area contributed by atoms with Gasteiger partial charge in [-0.2, -0.15) is 0 Å². The van der Waals surface area contributed by atoms with Crippen LogP contribution in [-0.4, -0.2) is 6.54 Å². The zero-order chi connectivity index (χ0) is 9.68. The van der Waals surface area contributed by atoms with Crippen molar-refractivity contribution in [3.05, 3.63) is 40.8 Å². The van der Waals surface area contributed by atoms with Crippen LogP contribution in [0.15, 0.2) is 24.3 Å². The van der Waals surface area contributed by atoms with E-state index in [4.69, 9.17) is 11.6 Å². The van der Waals surface area contributed by atoms with E-state index >= 15 is 0 Å². The maximum Gasteiger partial charge on any atom is 0.0406 e. The van der Waals surface area contributed by atoms with Crippen molar-refractivity contribution in [3.63, 3.8) is 0 Å². The largest absolute Gasteiger partial charge is 0.312 e. The summed E-state index contributed by atoms with van der Waals surface area (Å²) in [5, 5.41) is 4.13. The Morgan fingerprint density at radius 1 is 1.23 bits per heavy atom. The molecule has 2 heteroatoms. The van der Waals surface area contributed by atoms with Crippen molar-refractivity contribution in [2.24, 2.45) is 0 Å². The lowest BCUT2D eigenvalue weighted by Gasteiger charge is -2.06. The first-order valence-corrected chi connectivity index (χ1v) is 4.80. The van der Waals surface area contributed by atoms with Gasteiger partial charge in [-0.05, 0) is 23.6 Å². The van der Waals surface area contributed by atoms with Gasteiger partial charge in [-0.25, -0.2) is 0 Å². The van der Waals surface area contributed by atoms with Gasteiger partial charge in [-0.3, -0.25) is 0 Å². The quantitative estimate of drug-likeness (QED) is 0.781. The fourth-order valence-corrected chi connectivity index (χ4v) is 1.19. The summed E-state index contributed by atoms with van der Waals surface area (Å²) in [5.41, 5.74) is 1.27. The van der Waals surface area contributed by atoms with Gasteiger partial charge in [-0.1, -0.05) is 37.6 Å². The molecule has 0 aliphatic heterocycles. The van der Waals surface area contributed by atoms with Crippen molar-refractivity contribution in [1.29, 1.82) is 0 Å². The van der Waals surface area contributed by atoms with Crippen LogP contribution in [-0.2, 0) is 6.54 Å². The highest BCUT2D eigenvalue weighted by molar-refractivity contribution is 6.30. The minimum atomic E-state index is 0.794. The van der Waals surface area contributed by atoms with E-state index in [9.17, 15) is 0 Å². The predicted octanol–water partition coefficient (Wildman–Crippen LogP) is 3.04. The standard InChI is InChI=1S/C11H15ClN/c1-9(2)7-13-8-10-3-5-11(12)6-4-10/h3-6,13H,7-8H2,1-2H3. The van der Waals surface area contributed by atoms with Crippen LogP contribution in [0.25, 0.3) is 0 Å².